The predicted octanol–water partition coefficient (Wildman–Crippen LogP) is 4.30. The highest BCUT2D eigenvalue weighted by atomic mass is 35.5. The lowest BCUT2D eigenvalue weighted by Crippen LogP contribution is -2.29. The molecule has 0 spiro atoms. The van der Waals surface area contributed by atoms with Crippen LogP contribution in [-0.4, -0.2) is 0 Å². The average Bonchev–Trinajstić information content (AvgIpc) is 2.43. The smallest absolute Gasteiger partial charge is 0.142 e. The summed E-state index contributed by atoms with van der Waals surface area (Å²) < 4.78 is 13.7. The van der Waals surface area contributed by atoms with Crippen molar-refractivity contribution in [3.8, 4) is 0 Å². The van der Waals surface area contributed by atoms with E-state index in [-0.39, 0.29) is 11.1 Å². The first kappa shape index (κ1) is 14.5. The molecule has 1 atom stereocenters. The lowest BCUT2D eigenvalue weighted by Gasteiger charge is -2.27. The SMILES string of the molecule is NNC(c1cccc(C2CCC2)c1)c1cccc(F)c1Cl. The van der Waals surface area contributed by atoms with E-state index in [0.717, 1.165) is 5.56 Å². The van der Waals surface area contributed by atoms with Crippen LogP contribution in [0.1, 0.15) is 47.9 Å². The van der Waals surface area contributed by atoms with Crippen molar-refractivity contribution in [2.75, 3.05) is 0 Å². The Labute approximate surface area is 129 Å². The van der Waals surface area contributed by atoms with Crippen LogP contribution in [-0.2, 0) is 0 Å². The third kappa shape index (κ3) is 2.82. The monoisotopic (exact) mass is 304 g/mol. The van der Waals surface area contributed by atoms with Gasteiger partial charge in [0.1, 0.15) is 5.82 Å². The van der Waals surface area contributed by atoms with Crippen LogP contribution in [0.5, 0.6) is 0 Å². The fourth-order valence-electron chi connectivity index (χ4n) is 2.84. The number of nitrogens with two attached hydrogens (primary N) is 1. The van der Waals surface area contributed by atoms with Crippen molar-refractivity contribution in [1.82, 2.24) is 5.43 Å². The molecule has 4 heteroatoms. The number of hydrogen-bond donors (Lipinski definition) is 2. The number of nitrogens with one attached hydrogen (secondary N) is 1. The van der Waals surface area contributed by atoms with E-state index in [4.69, 9.17) is 17.4 Å². The van der Waals surface area contributed by atoms with Gasteiger partial charge in [0.2, 0.25) is 0 Å². The summed E-state index contributed by atoms with van der Waals surface area (Å²) in [4.78, 5) is 0. The maximum absolute atomic E-state index is 13.7. The molecule has 0 heterocycles. The molecule has 0 amide bonds. The minimum Gasteiger partial charge on any atom is -0.271 e. The molecule has 1 aliphatic carbocycles. The number of hydrazine groups is 1. The molecule has 0 aromatic heterocycles. The summed E-state index contributed by atoms with van der Waals surface area (Å²) in [6.45, 7) is 0. The summed E-state index contributed by atoms with van der Waals surface area (Å²) in [5, 5.41) is 0.120. The highest BCUT2D eigenvalue weighted by molar-refractivity contribution is 6.31. The Hall–Kier alpha value is -1.42. The van der Waals surface area contributed by atoms with Crippen molar-refractivity contribution in [2.45, 2.75) is 31.2 Å². The van der Waals surface area contributed by atoms with Crippen LogP contribution in [0.15, 0.2) is 42.5 Å². The molecule has 3 rings (SSSR count). The molecule has 0 bridgehead atoms. The van der Waals surface area contributed by atoms with Gasteiger partial charge in [0.15, 0.2) is 0 Å². The van der Waals surface area contributed by atoms with Gasteiger partial charge in [0.05, 0.1) is 11.1 Å². The van der Waals surface area contributed by atoms with Crippen LogP contribution in [0.3, 0.4) is 0 Å². The molecule has 2 aromatic carbocycles. The van der Waals surface area contributed by atoms with Gasteiger partial charge in [0, 0.05) is 0 Å². The Kier molecular flexibility index (Phi) is 4.24. The van der Waals surface area contributed by atoms with Gasteiger partial charge in [-0.25, -0.2) is 9.82 Å². The largest absolute Gasteiger partial charge is 0.271 e. The Bertz CT molecular complexity index is 640. The van der Waals surface area contributed by atoms with Gasteiger partial charge in [-0.05, 0) is 41.5 Å². The zero-order valence-electron chi connectivity index (χ0n) is 11.7. The maximum atomic E-state index is 13.7. The van der Waals surface area contributed by atoms with E-state index in [1.807, 2.05) is 12.1 Å². The highest BCUT2D eigenvalue weighted by Gasteiger charge is 2.22. The molecular formula is C17H18ClFN2. The zero-order chi connectivity index (χ0) is 14.8. The van der Waals surface area contributed by atoms with Crippen LogP contribution in [0.2, 0.25) is 5.02 Å². The molecule has 21 heavy (non-hydrogen) atoms. The van der Waals surface area contributed by atoms with E-state index >= 15 is 0 Å². The molecule has 110 valence electrons. The number of halogens is 2. The summed E-state index contributed by atoms with van der Waals surface area (Å²) in [6, 6.07) is 12.8. The quantitative estimate of drug-likeness (QED) is 0.653. The molecule has 0 saturated heterocycles. The average molecular weight is 305 g/mol. The predicted molar refractivity (Wildman–Crippen MR) is 83.6 cm³/mol. The van der Waals surface area contributed by atoms with E-state index in [1.54, 1.807) is 12.1 Å². The first-order valence-electron chi connectivity index (χ1n) is 7.20. The molecular weight excluding hydrogens is 287 g/mol. The third-order valence-electron chi connectivity index (χ3n) is 4.28. The lowest BCUT2D eigenvalue weighted by molar-refractivity contribution is 0.419. The standard InChI is InChI=1S/C17H18ClFN2/c18-16-14(8-3-9-15(16)19)17(21-20)13-7-2-6-12(10-13)11-4-1-5-11/h2-3,6-11,17,21H,1,4-5,20H2. The summed E-state index contributed by atoms with van der Waals surface area (Å²) in [5.41, 5.74) is 5.75. The first-order valence-corrected chi connectivity index (χ1v) is 7.58. The number of rotatable bonds is 4. The van der Waals surface area contributed by atoms with E-state index < -0.39 is 5.82 Å². The molecule has 1 unspecified atom stereocenters. The normalized spacial score (nSPS) is 16.5. The summed E-state index contributed by atoms with van der Waals surface area (Å²) >= 11 is 6.09. The van der Waals surface area contributed by atoms with Gasteiger partial charge >= 0.3 is 0 Å². The second kappa shape index (κ2) is 6.14. The summed E-state index contributed by atoms with van der Waals surface area (Å²) in [6.07, 6.45) is 3.78. The van der Waals surface area contributed by atoms with Gasteiger partial charge in [-0.2, -0.15) is 0 Å². The molecule has 3 N–H and O–H groups in total. The van der Waals surface area contributed by atoms with Crippen LogP contribution in [0.25, 0.3) is 0 Å². The third-order valence-corrected chi connectivity index (χ3v) is 4.68. The van der Waals surface area contributed by atoms with Crippen LogP contribution in [0.4, 0.5) is 4.39 Å². The van der Waals surface area contributed by atoms with Gasteiger partial charge in [-0.3, -0.25) is 5.84 Å². The van der Waals surface area contributed by atoms with Gasteiger partial charge in [-0.15, -0.1) is 0 Å². The zero-order valence-corrected chi connectivity index (χ0v) is 12.4. The molecule has 0 aliphatic heterocycles. The minimum absolute atomic E-state index is 0.120. The Morgan fingerprint density at radius 2 is 1.95 bits per heavy atom. The lowest BCUT2D eigenvalue weighted by atomic mass is 9.79. The molecule has 1 saturated carbocycles. The minimum atomic E-state index is -0.426. The van der Waals surface area contributed by atoms with Crippen LogP contribution >= 0.6 is 11.6 Å². The molecule has 1 aliphatic rings. The van der Waals surface area contributed by atoms with Crippen molar-refractivity contribution in [3.63, 3.8) is 0 Å². The molecule has 0 radical (unpaired) electrons. The molecule has 2 nitrogen and oxygen atoms in total. The van der Waals surface area contributed by atoms with E-state index in [1.165, 1.54) is 30.9 Å². The maximum Gasteiger partial charge on any atom is 0.142 e. The second-order valence-corrected chi connectivity index (χ2v) is 5.92. The Morgan fingerprint density at radius 1 is 1.19 bits per heavy atom. The van der Waals surface area contributed by atoms with Crippen LogP contribution in [0, 0.1) is 5.82 Å². The highest BCUT2D eigenvalue weighted by Crippen LogP contribution is 2.38. The van der Waals surface area contributed by atoms with Gasteiger partial charge in [0.25, 0.3) is 0 Å². The Balaban J connectivity index is 1.97. The van der Waals surface area contributed by atoms with Crippen molar-refractivity contribution >= 4 is 11.6 Å². The van der Waals surface area contributed by atoms with E-state index in [2.05, 4.69) is 17.6 Å². The fourth-order valence-corrected chi connectivity index (χ4v) is 3.08. The summed E-state index contributed by atoms with van der Waals surface area (Å²) in [5.74, 6) is 5.92. The van der Waals surface area contributed by atoms with Crippen molar-refractivity contribution < 1.29 is 4.39 Å². The molecule has 2 aromatic rings. The number of benzene rings is 2. The van der Waals surface area contributed by atoms with Gasteiger partial charge < -0.3 is 0 Å². The topological polar surface area (TPSA) is 38.0 Å². The molecule has 1 fully saturated rings. The Morgan fingerprint density at radius 3 is 2.62 bits per heavy atom. The van der Waals surface area contributed by atoms with E-state index in [9.17, 15) is 4.39 Å². The summed E-state index contributed by atoms with van der Waals surface area (Å²) in [7, 11) is 0. The van der Waals surface area contributed by atoms with Gasteiger partial charge in [-0.1, -0.05) is 54.4 Å². The van der Waals surface area contributed by atoms with Crippen molar-refractivity contribution in [2.24, 2.45) is 5.84 Å². The number of hydrogen-bond acceptors (Lipinski definition) is 2. The second-order valence-electron chi connectivity index (χ2n) is 5.54. The van der Waals surface area contributed by atoms with Crippen LogP contribution < -0.4 is 11.3 Å². The van der Waals surface area contributed by atoms with Crippen molar-refractivity contribution in [3.05, 3.63) is 70.0 Å². The van der Waals surface area contributed by atoms with E-state index in [0.29, 0.717) is 11.5 Å². The van der Waals surface area contributed by atoms with Crippen molar-refractivity contribution in [1.29, 1.82) is 0 Å². The fraction of sp³-hybridized carbons (Fsp3) is 0.294. The first-order chi connectivity index (χ1) is 10.2.